The summed E-state index contributed by atoms with van der Waals surface area (Å²) in [5.74, 6) is 1.05. The van der Waals surface area contributed by atoms with Crippen molar-refractivity contribution in [1.82, 2.24) is 19.4 Å². The van der Waals surface area contributed by atoms with Gasteiger partial charge in [-0.05, 0) is 27.7 Å². The van der Waals surface area contributed by atoms with Crippen molar-refractivity contribution in [3.05, 3.63) is 18.2 Å². The van der Waals surface area contributed by atoms with Gasteiger partial charge in [-0.15, -0.1) is 0 Å². The fourth-order valence-electron chi connectivity index (χ4n) is 2.52. The van der Waals surface area contributed by atoms with Gasteiger partial charge in [0.2, 0.25) is 0 Å². The molecular weight excluding hydrogens is 268 g/mol. The Morgan fingerprint density at radius 1 is 1.43 bits per heavy atom. The van der Waals surface area contributed by atoms with Crippen molar-refractivity contribution in [1.29, 1.82) is 0 Å². The maximum Gasteiger partial charge on any atom is 0.410 e. The molecule has 1 unspecified atom stereocenters. The van der Waals surface area contributed by atoms with Crippen LogP contribution in [0.4, 0.5) is 4.79 Å². The number of hydrogen-bond donors (Lipinski definition) is 0. The van der Waals surface area contributed by atoms with Crippen LogP contribution < -0.4 is 0 Å². The smallest absolute Gasteiger partial charge is 0.410 e. The first-order valence-corrected chi connectivity index (χ1v) is 7.44. The van der Waals surface area contributed by atoms with Crippen molar-refractivity contribution < 1.29 is 9.53 Å². The molecule has 6 nitrogen and oxygen atoms in total. The minimum Gasteiger partial charge on any atom is -0.444 e. The van der Waals surface area contributed by atoms with Crippen molar-refractivity contribution >= 4 is 6.09 Å². The molecule has 1 atom stereocenters. The van der Waals surface area contributed by atoms with E-state index in [0.717, 1.165) is 25.5 Å². The van der Waals surface area contributed by atoms with Crippen LogP contribution in [0.25, 0.3) is 0 Å². The summed E-state index contributed by atoms with van der Waals surface area (Å²) >= 11 is 0. The maximum atomic E-state index is 12.2. The maximum absolute atomic E-state index is 12.2. The molecule has 1 aromatic heterocycles. The van der Waals surface area contributed by atoms with E-state index >= 15 is 0 Å². The predicted octanol–water partition coefficient (Wildman–Crippen LogP) is 1.86. The monoisotopic (exact) mass is 294 g/mol. The lowest BCUT2D eigenvalue weighted by molar-refractivity contribution is 0.000210. The Morgan fingerprint density at radius 3 is 2.67 bits per heavy atom. The molecule has 1 aliphatic rings. The van der Waals surface area contributed by atoms with Gasteiger partial charge in [-0.1, -0.05) is 0 Å². The molecule has 0 saturated carbocycles. The van der Waals surface area contributed by atoms with E-state index in [0.29, 0.717) is 6.54 Å². The summed E-state index contributed by atoms with van der Waals surface area (Å²) in [7, 11) is 2.00. The number of ether oxygens (including phenoxy) is 1. The third-order valence-corrected chi connectivity index (χ3v) is 3.63. The van der Waals surface area contributed by atoms with Crippen molar-refractivity contribution in [2.75, 3.05) is 19.6 Å². The summed E-state index contributed by atoms with van der Waals surface area (Å²) in [6.07, 6.45) is 3.55. The Balaban J connectivity index is 1.90. The van der Waals surface area contributed by atoms with E-state index in [-0.39, 0.29) is 12.1 Å². The van der Waals surface area contributed by atoms with Gasteiger partial charge in [0.05, 0.1) is 6.54 Å². The lowest BCUT2D eigenvalue weighted by Crippen LogP contribution is -2.54. The second-order valence-electron chi connectivity index (χ2n) is 6.71. The number of piperazine rings is 1. The van der Waals surface area contributed by atoms with E-state index in [2.05, 4.69) is 16.8 Å². The Morgan fingerprint density at radius 2 is 2.14 bits per heavy atom. The van der Waals surface area contributed by atoms with E-state index < -0.39 is 5.60 Å². The molecule has 2 rings (SSSR count). The van der Waals surface area contributed by atoms with E-state index in [9.17, 15) is 4.79 Å². The number of nitrogens with zero attached hydrogens (tertiary/aromatic N) is 4. The van der Waals surface area contributed by atoms with E-state index in [1.54, 1.807) is 0 Å². The van der Waals surface area contributed by atoms with E-state index in [1.807, 2.05) is 49.7 Å². The Kier molecular flexibility index (Phi) is 4.56. The average Bonchev–Trinajstić information content (AvgIpc) is 2.72. The second-order valence-corrected chi connectivity index (χ2v) is 6.71. The van der Waals surface area contributed by atoms with E-state index in [4.69, 9.17) is 4.74 Å². The summed E-state index contributed by atoms with van der Waals surface area (Å²) in [5, 5.41) is 0. The van der Waals surface area contributed by atoms with Gasteiger partial charge in [0, 0.05) is 45.1 Å². The van der Waals surface area contributed by atoms with Crippen LogP contribution in [0.2, 0.25) is 0 Å². The molecular formula is C15H26N4O2. The molecule has 0 N–H and O–H groups in total. The van der Waals surface area contributed by atoms with Gasteiger partial charge in [0.1, 0.15) is 11.4 Å². The zero-order chi connectivity index (χ0) is 15.6. The number of rotatable bonds is 2. The lowest BCUT2D eigenvalue weighted by atomic mass is 10.2. The number of aromatic nitrogens is 2. The van der Waals surface area contributed by atoms with Gasteiger partial charge in [0.25, 0.3) is 0 Å². The highest BCUT2D eigenvalue weighted by Crippen LogP contribution is 2.16. The van der Waals surface area contributed by atoms with Crippen LogP contribution >= 0.6 is 0 Å². The normalized spacial score (nSPS) is 20.6. The third kappa shape index (κ3) is 4.20. The summed E-state index contributed by atoms with van der Waals surface area (Å²) < 4.78 is 7.49. The summed E-state index contributed by atoms with van der Waals surface area (Å²) in [4.78, 5) is 20.7. The first-order chi connectivity index (χ1) is 9.76. The molecule has 118 valence electrons. The van der Waals surface area contributed by atoms with Crippen LogP contribution in [0.1, 0.15) is 33.5 Å². The Hall–Kier alpha value is -1.56. The van der Waals surface area contributed by atoms with Crippen molar-refractivity contribution in [2.24, 2.45) is 7.05 Å². The van der Waals surface area contributed by atoms with E-state index in [1.165, 1.54) is 0 Å². The number of carbonyl (C=O) groups excluding carboxylic acids is 1. The van der Waals surface area contributed by atoms with Gasteiger partial charge < -0.3 is 14.2 Å². The van der Waals surface area contributed by atoms with Crippen LogP contribution in [0.3, 0.4) is 0 Å². The minimum atomic E-state index is -0.444. The quantitative estimate of drug-likeness (QED) is 0.835. The van der Waals surface area contributed by atoms with Gasteiger partial charge in [-0.2, -0.15) is 0 Å². The number of aryl methyl sites for hydroxylation is 1. The molecule has 21 heavy (non-hydrogen) atoms. The Bertz CT molecular complexity index is 492. The molecule has 0 aromatic carbocycles. The second kappa shape index (κ2) is 6.05. The molecule has 1 fully saturated rings. The fraction of sp³-hybridized carbons (Fsp3) is 0.733. The number of carbonyl (C=O) groups is 1. The molecule has 1 amide bonds. The molecule has 0 aliphatic carbocycles. The van der Waals surface area contributed by atoms with Crippen LogP contribution in [0.5, 0.6) is 0 Å². The van der Waals surface area contributed by atoms with Gasteiger partial charge in [-0.3, -0.25) is 4.90 Å². The van der Waals surface area contributed by atoms with Crippen LogP contribution in [-0.2, 0) is 18.3 Å². The van der Waals surface area contributed by atoms with Crippen molar-refractivity contribution in [3.63, 3.8) is 0 Å². The Labute approximate surface area is 126 Å². The third-order valence-electron chi connectivity index (χ3n) is 3.63. The predicted molar refractivity (Wildman–Crippen MR) is 80.9 cm³/mol. The molecule has 1 aromatic rings. The fourth-order valence-corrected chi connectivity index (χ4v) is 2.52. The molecule has 2 heterocycles. The van der Waals surface area contributed by atoms with Gasteiger partial charge >= 0.3 is 6.09 Å². The number of imidazole rings is 1. The summed E-state index contributed by atoms with van der Waals surface area (Å²) in [5.41, 5.74) is -0.444. The highest BCUT2D eigenvalue weighted by molar-refractivity contribution is 5.68. The van der Waals surface area contributed by atoms with Gasteiger partial charge in [0.15, 0.2) is 0 Å². The molecule has 0 radical (unpaired) electrons. The summed E-state index contributed by atoms with van der Waals surface area (Å²) in [6, 6.07) is 0.147. The largest absolute Gasteiger partial charge is 0.444 e. The zero-order valence-electron chi connectivity index (χ0n) is 13.7. The minimum absolute atomic E-state index is 0.147. The molecule has 1 saturated heterocycles. The average molecular weight is 294 g/mol. The SMILES string of the molecule is CC1CN(Cc2nccn2C)CCN1C(=O)OC(C)(C)C. The molecule has 6 heteroatoms. The molecule has 0 spiro atoms. The first kappa shape index (κ1) is 15.8. The highest BCUT2D eigenvalue weighted by atomic mass is 16.6. The lowest BCUT2D eigenvalue weighted by Gasteiger charge is -2.40. The van der Waals surface area contributed by atoms with Crippen molar-refractivity contribution in [3.8, 4) is 0 Å². The summed E-state index contributed by atoms with van der Waals surface area (Å²) in [6.45, 7) is 10.9. The first-order valence-electron chi connectivity index (χ1n) is 7.44. The zero-order valence-corrected chi connectivity index (χ0v) is 13.7. The van der Waals surface area contributed by atoms with Crippen LogP contribution in [0.15, 0.2) is 12.4 Å². The molecule has 0 bridgehead atoms. The number of hydrogen-bond acceptors (Lipinski definition) is 4. The number of amides is 1. The van der Waals surface area contributed by atoms with Crippen LogP contribution in [0, 0.1) is 0 Å². The molecule has 1 aliphatic heterocycles. The van der Waals surface area contributed by atoms with Crippen molar-refractivity contribution in [2.45, 2.75) is 45.9 Å². The standard InChI is InChI=1S/C15H26N4O2/c1-12-10-18(11-13-16-6-7-17(13)5)8-9-19(12)14(20)21-15(2,3)4/h6-7,12H,8-11H2,1-5H3. The van der Waals surface area contributed by atoms with Crippen LogP contribution in [-0.4, -0.2) is 56.7 Å². The topological polar surface area (TPSA) is 50.6 Å². The highest BCUT2D eigenvalue weighted by Gasteiger charge is 2.30. The van der Waals surface area contributed by atoms with Gasteiger partial charge in [-0.25, -0.2) is 9.78 Å².